The van der Waals surface area contributed by atoms with E-state index in [4.69, 9.17) is 15.6 Å². The lowest BCUT2D eigenvalue weighted by Gasteiger charge is -2.41. The van der Waals surface area contributed by atoms with Gasteiger partial charge < -0.3 is 15.6 Å². The van der Waals surface area contributed by atoms with Gasteiger partial charge in [0.05, 0.1) is 6.61 Å². The van der Waals surface area contributed by atoms with E-state index in [0.717, 1.165) is 6.07 Å². The minimum atomic E-state index is -4.93. The second-order valence-corrected chi connectivity index (χ2v) is 5.72. The van der Waals surface area contributed by atoms with Crippen LogP contribution >= 0.6 is 0 Å². The van der Waals surface area contributed by atoms with Crippen molar-refractivity contribution in [1.82, 2.24) is 5.32 Å². The first-order valence-electron chi connectivity index (χ1n) is 6.75. The maximum Gasteiger partial charge on any atom is 0.424 e. The van der Waals surface area contributed by atoms with Gasteiger partial charge in [-0.2, -0.15) is 13.2 Å². The van der Waals surface area contributed by atoms with Crippen LogP contribution in [0.1, 0.15) is 19.4 Å². The summed E-state index contributed by atoms with van der Waals surface area (Å²) in [6.45, 7) is 1.36. The summed E-state index contributed by atoms with van der Waals surface area (Å²) in [4.78, 5) is 14.7. The Labute approximate surface area is 134 Å². The SMILES string of the molecule is C[C@@]1(c2cc(N)ccc2F)CO[C@@](C)(C(F)(F)F)C(NC(=O)O)=N1. The van der Waals surface area contributed by atoms with Crippen LogP contribution in [-0.2, 0) is 10.3 Å². The predicted octanol–water partition coefficient (Wildman–Crippen LogP) is 2.64. The molecule has 1 heterocycles. The van der Waals surface area contributed by atoms with Crippen molar-refractivity contribution in [3.8, 4) is 0 Å². The van der Waals surface area contributed by atoms with Crippen molar-refractivity contribution in [2.75, 3.05) is 12.3 Å². The fraction of sp³-hybridized carbons (Fsp3) is 0.429. The standard InChI is InChI=1S/C14H15F4N3O3/c1-12(8-5-7(19)3-4-9(8)15)6-24-13(2,14(16,17)18)10(21-12)20-11(22)23/h3-5H,6,19H2,1-2H3,(H,20,21)(H,22,23)/t12-,13+/m0/s1. The summed E-state index contributed by atoms with van der Waals surface area (Å²) in [7, 11) is 0. The van der Waals surface area contributed by atoms with Gasteiger partial charge in [-0.05, 0) is 32.0 Å². The molecule has 0 saturated heterocycles. The summed E-state index contributed by atoms with van der Waals surface area (Å²) in [6.07, 6.45) is -6.67. The number of amides is 1. The molecule has 24 heavy (non-hydrogen) atoms. The Morgan fingerprint density at radius 1 is 1.42 bits per heavy atom. The van der Waals surface area contributed by atoms with Gasteiger partial charge >= 0.3 is 12.3 Å². The first-order valence-corrected chi connectivity index (χ1v) is 6.75. The van der Waals surface area contributed by atoms with Crippen LogP contribution in [0.2, 0.25) is 0 Å². The van der Waals surface area contributed by atoms with Crippen molar-refractivity contribution in [3.63, 3.8) is 0 Å². The number of benzene rings is 1. The van der Waals surface area contributed by atoms with Crippen LogP contribution in [0.5, 0.6) is 0 Å². The molecule has 1 aliphatic heterocycles. The average Bonchev–Trinajstić information content (AvgIpc) is 2.44. The topological polar surface area (TPSA) is 96.9 Å². The molecule has 2 rings (SSSR count). The molecule has 1 aromatic carbocycles. The molecular weight excluding hydrogens is 334 g/mol. The van der Waals surface area contributed by atoms with Crippen LogP contribution < -0.4 is 11.1 Å². The first kappa shape index (κ1) is 18.0. The number of rotatable bonds is 1. The van der Waals surface area contributed by atoms with Crippen LogP contribution in [0.15, 0.2) is 23.2 Å². The molecule has 2 atom stereocenters. The normalized spacial score (nSPS) is 27.5. The highest BCUT2D eigenvalue weighted by molar-refractivity contribution is 6.01. The van der Waals surface area contributed by atoms with E-state index in [0.29, 0.717) is 6.92 Å². The molecule has 0 radical (unpaired) electrons. The van der Waals surface area contributed by atoms with Crippen LogP contribution in [0.25, 0.3) is 0 Å². The molecule has 1 amide bonds. The summed E-state index contributed by atoms with van der Waals surface area (Å²) in [6, 6.07) is 3.55. The van der Waals surface area contributed by atoms with Crippen molar-refractivity contribution in [3.05, 3.63) is 29.6 Å². The molecule has 10 heteroatoms. The summed E-state index contributed by atoms with van der Waals surface area (Å²) < 4.78 is 58.9. The molecule has 1 aliphatic rings. The average molecular weight is 349 g/mol. The summed E-state index contributed by atoms with van der Waals surface area (Å²) in [5.41, 5.74) is 1.13. The lowest BCUT2D eigenvalue weighted by Crippen LogP contribution is -2.62. The number of carbonyl (C=O) groups is 1. The third-order valence-corrected chi connectivity index (χ3v) is 3.79. The Morgan fingerprint density at radius 2 is 2.04 bits per heavy atom. The number of hydrogen-bond acceptors (Lipinski definition) is 4. The number of carboxylic acid groups (broad SMARTS) is 1. The van der Waals surface area contributed by atoms with E-state index >= 15 is 0 Å². The highest BCUT2D eigenvalue weighted by Gasteiger charge is 2.60. The van der Waals surface area contributed by atoms with E-state index in [1.165, 1.54) is 19.1 Å². The van der Waals surface area contributed by atoms with Crippen molar-refractivity contribution in [2.45, 2.75) is 31.2 Å². The smallest absolute Gasteiger partial charge is 0.424 e. The lowest BCUT2D eigenvalue weighted by atomic mass is 9.89. The zero-order valence-corrected chi connectivity index (χ0v) is 12.7. The Bertz CT molecular complexity index is 707. The number of amidine groups is 1. The number of anilines is 1. The van der Waals surface area contributed by atoms with Gasteiger partial charge in [0, 0.05) is 11.3 Å². The quantitative estimate of drug-likeness (QED) is 0.536. The number of halogens is 4. The molecule has 132 valence electrons. The van der Waals surface area contributed by atoms with Crippen molar-refractivity contribution >= 4 is 17.6 Å². The van der Waals surface area contributed by atoms with Crippen LogP contribution in [0, 0.1) is 5.82 Å². The van der Waals surface area contributed by atoms with Gasteiger partial charge in [0.2, 0.25) is 5.60 Å². The summed E-state index contributed by atoms with van der Waals surface area (Å²) in [5, 5.41) is 10.4. The number of nitrogens with one attached hydrogen (secondary N) is 1. The number of aliphatic imine (C=N–C) groups is 1. The van der Waals surface area contributed by atoms with Gasteiger partial charge in [-0.1, -0.05) is 0 Å². The number of nitrogens with two attached hydrogens (primary N) is 1. The molecule has 1 aromatic rings. The number of ether oxygens (including phenoxy) is 1. The van der Waals surface area contributed by atoms with Gasteiger partial charge in [0.25, 0.3) is 0 Å². The second kappa shape index (κ2) is 5.62. The Morgan fingerprint density at radius 3 is 2.58 bits per heavy atom. The summed E-state index contributed by atoms with van der Waals surface area (Å²) in [5.74, 6) is -1.72. The van der Waals surface area contributed by atoms with Gasteiger partial charge in [0.1, 0.15) is 17.2 Å². The first-order chi connectivity index (χ1) is 10.9. The molecule has 0 saturated carbocycles. The number of hydrogen-bond donors (Lipinski definition) is 3. The van der Waals surface area contributed by atoms with E-state index in [9.17, 15) is 22.4 Å². The Hall–Kier alpha value is -2.36. The third-order valence-electron chi connectivity index (χ3n) is 3.79. The largest absolute Gasteiger partial charge is 0.465 e. The minimum Gasteiger partial charge on any atom is -0.465 e. The maximum absolute atomic E-state index is 14.1. The highest BCUT2D eigenvalue weighted by Crippen LogP contribution is 2.42. The molecule has 0 fully saturated rings. The van der Waals surface area contributed by atoms with E-state index < -0.39 is 41.7 Å². The lowest BCUT2D eigenvalue weighted by molar-refractivity contribution is -0.250. The predicted molar refractivity (Wildman–Crippen MR) is 77.2 cm³/mol. The summed E-state index contributed by atoms with van der Waals surface area (Å²) >= 11 is 0. The van der Waals surface area contributed by atoms with E-state index in [2.05, 4.69) is 4.99 Å². The van der Waals surface area contributed by atoms with Crippen LogP contribution in [-0.4, -0.2) is 35.4 Å². The zero-order valence-electron chi connectivity index (χ0n) is 12.7. The molecule has 0 spiro atoms. The fourth-order valence-corrected chi connectivity index (χ4v) is 2.30. The molecule has 0 aromatic heterocycles. The van der Waals surface area contributed by atoms with E-state index in [1.807, 2.05) is 0 Å². The monoisotopic (exact) mass is 349 g/mol. The van der Waals surface area contributed by atoms with Crippen LogP contribution in [0.4, 0.5) is 28.0 Å². The molecule has 0 bridgehead atoms. The zero-order chi connectivity index (χ0) is 18.3. The molecule has 0 unspecified atom stereocenters. The Balaban J connectivity index is 2.60. The van der Waals surface area contributed by atoms with E-state index in [-0.39, 0.29) is 11.3 Å². The van der Waals surface area contributed by atoms with Crippen LogP contribution in [0.3, 0.4) is 0 Å². The maximum atomic E-state index is 14.1. The van der Waals surface area contributed by atoms with Crippen molar-refractivity contribution in [2.24, 2.45) is 4.99 Å². The highest BCUT2D eigenvalue weighted by atomic mass is 19.4. The molecular formula is C14H15F4N3O3. The number of nitrogens with zero attached hydrogens (tertiary/aromatic N) is 1. The minimum absolute atomic E-state index is 0.101. The number of nitrogen functional groups attached to an aromatic ring is 1. The van der Waals surface area contributed by atoms with Crippen molar-refractivity contribution < 1.29 is 32.2 Å². The molecule has 4 N–H and O–H groups in total. The fourth-order valence-electron chi connectivity index (χ4n) is 2.30. The van der Waals surface area contributed by atoms with Gasteiger partial charge in [-0.3, -0.25) is 10.3 Å². The third kappa shape index (κ3) is 3.01. The molecule has 0 aliphatic carbocycles. The van der Waals surface area contributed by atoms with Crippen molar-refractivity contribution in [1.29, 1.82) is 0 Å². The Kier molecular flexibility index (Phi) is 4.21. The van der Waals surface area contributed by atoms with Gasteiger partial charge in [0.15, 0.2) is 0 Å². The molecule has 6 nitrogen and oxygen atoms in total. The van der Waals surface area contributed by atoms with Gasteiger partial charge in [-0.25, -0.2) is 9.18 Å². The second-order valence-electron chi connectivity index (χ2n) is 5.72. The van der Waals surface area contributed by atoms with E-state index in [1.54, 1.807) is 5.32 Å². The number of alkyl halides is 3. The van der Waals surface area contributed by atoms with Gasteiger partial charge in [-0.15, -0.1) is 0 Å².